The van der Waals surface area contributed by atoms with Gasteiger partial charge < -0.3 is 10.1 Å². The van der Waals surface area contributed by atoms with Crippen LogP contribution in [-0.2, 0) is 6.61 Å². The predicted molar refractivity (Wildman–Crippen MR) is 96.3 cm³/mol. The Morgan fingerprint density at radius 1 is 1.12 bits per heavy atom. The quantitative estimate of drug-likeness (QED) is 0.650. The van der Waals surface area contributed by atoms with Gasteiger partial charge >= 0.3 is 0 Å². The molecule has 4 nitrogen and oxygen atoms in total. The van der Waals surface area contributed by atoms with Crippen LogP contribution < -0.4 is 10.1 Å². The maximum Gasteiger partial charge on any atom is 0.131 e. The predicted octanol–water partition coefficient (Wildman–Crippen LogP) is 4.88. The summed E-state index contributed by atoms with van der Waals surface area (Å²) < 4.78 is 5.77. The standard InChI is InChI=1S/C19H18ClN3O/c1-14(23-17-8-10-22-19(20)11-17)16-4-6-18(7-5-16)24-13-15-3-2-9-21-12-15/h2-12,14H,13H2,1H3,(H,22,23). The maximum atomic E-state index is 5.91. The molecule has 122 valence electrons. The van der Waals surface area contributed by atoms with E-state index in [9.17, 15) is 0 Å². The lowest BCUT2D eigenvalue weighted by Gasteiger charge is -2.16. The largest absolute Gasteiger partial charge is 0.489 e. The Labute approximate surface area is 146 Å². The van der Waals surface area contributed by atoms with Gasteiger partial charge in [-0.25, -0.2) is 4.98 Å². The van der Waals surface area contributed by atoms with Crippen molar-refractivity contribution in [3.63, 3.8) is 0 Å². The molecule has 0 fully saturated rings. The van der Waals surface area contributed by atoms with Gasteiger partial charge in [-0.3, -0.25) is 4.98 Å². The summed E-state index contributed by atoms with van der Waals surface area (Å²) in [5.41, 5.74) is 3.15. The Bertz CT molecular complexity index is 778. The van der Waals surface area contributed by atoms with Crippen LogP contribution in [0.1, 0.15) is 24.1 Å². The summed E-state index contributed by atoms with van der Waals surface area (Å²) in [6.45, 7) is 2.61. The van der Waals surface area contributed by atoms with Gasteiger partial charge in [0.05, 0.1) is 0 Å². The molecule has 0 aliphatic rings. The molecule has 0 bridgehead atoms. The van der Waals surface area contributed by atoms with E-state index >= 15 is 0 Å². The monoisotopic (exact) mass is 339 g/mol. The number of benzene rings is 1. The molecule has 0 spiro atoms. The molecule has 0 saturated heterocycles. The van der Waals surface area contributed by atoms with Gasteiger partial charge in [0, 0.05) is 35.9 Å². The van der Waals surface area contributed by atoms with Gasteiger partial charge in [0.1, 0.15) is 17.5 Å². The van der Waals surface area contributed by atoms with Gasteiger partial charge in [-0.05, 0) is 42.8 Å². The minimum Gasteiger partial charge on any atom is -0.489 e. The van der Waals surface area contributed by atoms with Crippen LogP contribution in [0.5, 0.6) is 5.75 Å². The van der Waals surface area contributed by atoms with Crippen molar-refractivity contribution in [1.29, 1.82) is 0 Å². The van der Waals surface area contributed by atoms with E-state index in [4.69, 9.17) is 16.3 Å². The van der Waals surface area contributed by atoms with E-state index in [0.29, 0.717) is 11.8 Å². The van der Waals surface area contributed by atoms with Crippen molar-refractivity contribution < 1.29 is 4.74 Å². The lowest BCUT2D eigenvalue weighted by Crippen LogP contribution is -2.06. The zero-order chi connectivity index (χ0) is 16.8. The molecule has 3 aromatic rings. The molecule has 1 N–H and O–H groups in total. The van der Waals surface area contributed by atoms with Gasteiger partial charge in [0.15, 0.2) is 0 Å². The summed E-state index contributed by atoms with van der Waals surface area (Å²) in [7, 11) is 0. The molecular weight excluding hydrogens is 322 g/mol. The zero-order valence-electron chi connectivity index (χ0n) is 13.3. The van der Waals surface area contributed by atoms with E-state index < -0.39 is 0 Å². The van der Waals surface area contributed by atoms with E-state index in [1.54, 1.807) is 18.6 Å². The molecule has 2 aromatic heterocycles. The van der Waals surface area contributed by atoms with E-state index in [0.717, 1.165) is 22.6 Å². The van der Waals surface area contributed by atoms with Gasteiger partial charge in [0.2, 0.25) is 0 Å². The molecule has 2 heterocycles. The van der Waals surface area contributed by atoms with Crippen molar-refractivity contribution in [2.24, 2.45) is 0 Å². The first kappa shape index (κ1) is 16.3. The van der Waals surface area contributed by atoms with Crippen molar-refractivity contribution in [2.45, 2.75) is 19.6 Å². The summed E-state index contributed by atoms with van der Waals surface area (Å²) in [4.78, 5) is 8.06. The fourth-order valence-corrected chi connectivity index (χ4v) is 2.50. The summed E-state index contributed by atoms with van der Waals surface area (Å²) in [6, 6.07) is 15.8. The van der Waals surface area contributed by atoms with E-state index in [1.807, 2.05) is 36.4 Å². The van der Waals surface area contributed by atoms with Crippen LogP contribution in [0.2, 0.25) is 5.15 Å². The number of ether oxygens (including phenoxy) is 1. The van der Waals surface area contributed by atoms with E-state index in [2.05, 4.69) is 34.3 Å². The molecule has 1 atom stereocenters. The van der Waals surface area contributed by atoms with Crippen molar-refractivity contribution in [3.05, 3.63) is 83.4 Å². The number of nitrogens with zero attached hydrogens (tertiary/aromatic N) is 2. The first-order valence-corrected chi connectivity index (χ1v) is 8.08. The van der Waals surface area contributed by atoms with Crippen molar-refractivity contribution >= 4 is 17.3 Å². The van der Waals surface area contributed by atoms with Crippen LogP contribution in [0.4, 0.5) is 5.69 Å². The molecule has 1 unspecified atom stereocenters. The summed E-state index contributed by atoms with van der Waals surface area (Å²) >= 11 is 5.91. The van der Waals surface area contributed by atoms with Crippen LogP contribution in [0.3, 0.4) is 0 Å². The second-order valence-corrected chi connectivity index (χ2v) is 5.84. The zero-order valence-corrected chi connectivity index (χ0v) is 14.1. The van der Waals surface area contributed by atoms with Crippen molar-refractivity contribution in [3.8, 4) is 5.75 Å². The second kappa shape index (κ2) is 7.79. The number of pyridine rings is 2. The number of aromatic nitrogens is 2. The smallest absolute Gasteiger partial charge is 0.131 e. The average Bonchev–Trinajstić information content (AvgIpc) is 2.61. The third-order valence-electron chi connectivity index (χ3n) is 3.62. The Hall–Kier alpha value is -2.59. The van der Waals surface area contributed by atoms with Gasteiger partial charge in [-0.2, -0.15) is 0 Å². The Balaban J connectivity index is 1.59. The average molecular weight is 340 g/mol. The molecule has 0 saturated carbocycles. The maximum absolute atomic E-state index is 5.91. The molecule has 0 aliphatic carbocycles. The molecule has 3 rings (SSSR count). The lowest BCUT2D eigenvalue weighted by atomic mass is 10.1. The molecular formula is C19H18ClN3O. The fourth-order valence-electron chi connectivity index (χ4n) is 2.33. The van der Waals surface area contributed by atoms with Crippen LogP contribution in [-0.4, -0.2) is 9.97 Å². The normalized spacial score (nSPS) is 11.8. The minimum atomic E-state index is 0.149. The van der Waals surface area contributed by atoms with Gasteiger partial charge in [-0.15, -0.1) is 0 Å². The first-order valence-electron chi connectivity index (χ1n) is 7.70. The Morgan fingerprint density at radius 2 is 1.96 bits per heavy atom. The van der Waals surface area contributed by atoms with Crippen LogP contribution >= 0.6 is 11.6 Å². The summed E-state index contributed by atoms with van der Waals surface area (Å²) in [5.74, 6) is 0.835. The highest BCUT2D eigenvalue weighted by Crippen LogP contribution is 2.23. The highest BCUT2D eigenvalue weighted by Gasteiger charge is 2.06. The number of rotatable bonds is 6. The second-order valence-electron chi connectivity index (χ2n) is 5.45. The lowest BCUT2D eigenvalue weighted by molar-refractivity contribution is 0.305. The molecule has 5 heteroatoms. The highest BCUT2D eigenvalue weighted by molar-refractivity contribution is 6.29. The Kier molecular flexibility index (Phi) is 5.29. The van der Waals surface area contributed by atoms with Crippen LogP contribution in [0.15, 0.2) is 67.1 Å². The van der Waals surface area contributed by atoms with Gasteiger partial charge in [-0.1, -0.05) is 29.8 Å². The third kappa shape index (κ3) is 4.46. The van der Waals surface area contributed by atoms with E-state index in [1.165, 1.54) is 0 Å². The fraction of sp³-hybridized carbons (Fsp3) is 0.158. The molecule has 1 aromatic carbocycles. The van der Waals surface area contributed by atoms with Crippen LogP contribution in [0, 0.1) is 0 Å². The first-order chi connectivity index (χ1) is 11.7. The van der Waals surface area contributed by atoms with Crippen molar-refractivity contribution in [1.82, 2.24) is 9.97 Å². The number of hydrogen-bond donors (Lipinski definition) is 1. The molecule has 0 radical (unpaired) electrons. The van der Waals surface area contributed by atoms with Gasteiger partial charge in [0.25, 0.3) is 0 Å². The summed E-state index contributed by atoms with van der Waals surface area (Å²) in [5, 5.41) is 3.88. The van der Waals surface area contributed by atoms with Crippen LogP contribution in [0.25, 0.3) is 0 Å². The number of anilines is 1. The van der Waals surface area contributed by atoms with Crippen molar-refractivity contribution in [2.75, 3.05) is 5.32 Å². The topological polar surface area (TPSA) is 47.0 Å². The Morgan fingerprint density at radius 3 is 2.67 bits per heavy atom. The molecule has 24 heavy (non-hydrogen) atoms. The van der Waals surface area contributed by atoms with E-state index in [-0.39, 0.29) is 6.04 Å². The number of nitrogens with one attached hydrogen (secondary N) is 1. The SMILES string of the molecule is CC(Nc1ccnc(Cl)c1)c1ccc(OCc2cccnc2)cc1. The minimum absolute atomic E-state index is 0.149. The number of hydrogen-bond acceptors (Lipinski definition) is 4. The summed E-state index contributed by atoms with van der Waals surface area (Å²) in [6.07, 6.45) is 5.25. The number of halogens is 1. The highest BCUT2D eigenvalue weighted by atomic mass is 35.5. The molecule has 0 aliphatic heterocycles. The third-order valence-corrected chi connectivity index (χ3v) is 3.82. The molecule has 0 amide bonds.